The van der Waals surface area contributed by atoms with Crippen LogP contribution in [0.4, 0.5) is 5.82 Å². The molecule has 2 fully saturated rings. The minimum absolute atomic E-state index is 0.125. The van der Waals surface area contributed by atoms with Crippen LogP contribution in [0.2, 0.25) is 0 Å². The topological polar surface area (TPSA) is 48.9 Å². The zero-order chi connectivity index (χ0) is 16.8. The van der Waals surface area contributed by atoms with Crippen molar-refractivity contribution in [1.82, 2.24) is 14.8 Å². The molecule has 1 atom stereocenters. The molecule has 0 saturated carbocycles. The molecule has 2 saturated heterocycles. The summed E-state index contributed by atoms with van der Waals surface area (Å²) >= 11 is 0. The molecule has 0 radical (unpaired) electrons. The molecule has 3 heterocycles. The van der Waals surface area contributed by atoms with E-state index in [-0.39, 0.29) is 5.97 Å². The smallest absolute Gasteiger partial charge is 0.319 e. The molecule has 0 N–H and O–H groups in total. The lowest BCUT2D eigenvalue weighted by atomic mass is 9.97. The van der Waals surface area contributed by atoms with Gasteiger partial charge in [-0.2, -0.15) is 0 Å². The van der Waals surface area contributed by atoms with Gasteiger partial charge >= 0.3 is 5.97 Å². The van der Waals surface area contributed by atoms with Gasteiger partial charge in [-0.3, -0.25) is 14.6 Å². The predicted molar refractivity (Wildman–Crippen MR) is 94.1 cm³/mol. The van der Waals surface area contributed by atoms with E-state index in [9.17, 15) is 4.79 Å². The Balaban J connectivity index is 1.43. The molecule has 1 aromatic rings. The second kappa shape index (κ2) is 8.44. The quantitative estimate of drug-likeness (QED) is 0.753. The van der Waals surface area contributed by atoms with Crippen molar-refractivity contribution in [3.05, 3.63) is 24.4 Å². The number of hydrogen-bond acceptors (Lipinski definition) is 6. The third kappa shape index (κ3) is 4.68. The molecule has 2 aliphatic rings. The number of piperidine rings is 1. The van der Waals surface area contributed by atoms with Gasteiger partial charge in [-0.1, -0.05) is 6.07 Å². The molecule has 0 amide bonds. The first kappa shape index (κ1) is 17.2. The first-order valence-corrected chi connectivity index (χ1v) is 8.92. The van der Waals surface area contributed by atoms with Crippen molar-refractivity contribution < 1.29 is 9.53 Å². The van der Waals surface area contributed by atoms with E-state index in [0.717, 1.165) is 51.6 Å². The highest BCUT2D eigenvalue weighted by Gasteiger charge is 2.25. The number of carbonyl (C=O) groups excluding carboxylic acids is 1. The Morgan fingerprint density at radius 3 is 2.75 bits per heavy atom. The number of piperazine rings is 1. The first-order valence-electron chi connectivity index (χ1n) is 8.92. The highest BCUT2D eigenvalue weighted by molar-refractivity contribution is 5.71. The minimum Gasteiger partial charge on any atom is -0.468 e. The largest absolute Gasteiger partial charge is 0.468 e. The Bertz CT molecular complexity index is 517. The number of aromatic nitrogens is 1. The van der Waals surface area contributed by atoms with Crippen LogP contribution in [0.25, 0.3) is 0 Å². The van der Waals surface area contributed by atoms with Gasteiger partial charge in [0.25, 0.3) is 0 Å². The third-order valence-electron chi connectivity index (χ3n) is 5.05. The second-order valence-electron chi connectivity index (χ2n) is 6.80. The summed E-state index contributed by atoms with van der Waals surface area (Å²) in [6, 6.07) is 6.09. The fraction of sp³-hybridized carbons (Fsp3) is 0.667. The lowest BCUT2D eigenvalue weighted by molar-refractivity contribution is -0.142. The number of ether oxygens (including phenoxy) is 1. The van der Waals surface area contributed by atoms with Gasteiger partial charge < -0.3 is 9.64 Å². The lowest BCUT2D eigenvalue weighted by Crippen LogP contribution is -2.50. The number of pyridine rings is 1. The number of nitrogens with zero attached hydrogens (tertiary/aromatic N) is 4. The average molecular weight is 332 g/mol. The molecule has 0 aliphatic carbocycles. The molecule has 0 spiro atoms. The summed E-state index contributed by atoms with van der Waals surface area (Å²) in [4.78, 5) is 23.1. The van der Waals surface area contributed by atoms with Crippen LogP contribution in [0.1, 0.15) is 12.8 Å². The summed E-state index contributed by atoms with van der Waals surface area (Å²) in [5, 5.41) is 0. The van der Waals surface area contributed by atoms with Crippen LogP contribution in [-0.2, 0) is 9.53 Å². The van der Waals surface area contributed by atoms with E-state index in [4.69, 9.17) is 4.74 Å². The standard InChI is InChI=1S/C18H28N4O2/c1-24-18(23)15-21-8-4-5-16(14-21)13-20-9-11-22(12-10-20)17-6-2-3-7-19-17/h2-3,6-7,16H,4-5,8-15H2,1H3. The zero-order valence-corrected chi connectivity index (χ0v) is 14.6. The number of rotatable bonds is 5. The predicted octanol–water partition coefficient (Wildman–Crippen LogP) is 1.09. The van der Waals surface area contributed by atoms with E-state index < -0.39 is 0 Å². The van der Waals surface area contributed by atoms with Crippen LogP contribution in [0.5, 0.6) is 0 Å². The number of carbonyl (C=O) groups is 1. The first-order chi connectivity index (χ1) is 11.7. The van der Waals surface area contributed by atoms with Crippen molar-refractivity contribution in [3.8, 4) is 0 Å². The Kier molecular flexibility index (Phi) is 6.04. The maximum Gasteiger partial charge on any atom is 0.319 e. The number of methoxy groups -OCH3 is 1. The van der Waals surface area contributed by atoms with Crippen LogP contribution in [-0.4, -0.2) is 80.2 Å². The van der Waals surface area contributed by atoms with E-state index in [1.807, 2.05) is 18.3 Å². The number of anilines is 1. The SMILES string of the molecule is COC(=O)CN1CCCC(CN2CCN(c3ccccn3)CC2)C1. The summed E-state index contributed by atoms with van der Waals surface area (Å²) in [5.74, 6) is 1.61. The van der Waals surface area contributed by atoms with Crippen molar-refractivity contribution in [3.63, 3.8) is 0 Å². The molecule has 6 heteroatoms. The van der Waals surface area contributed by atoms with E-state index >= 15 is 0 Å². The summed E-state index contributed by atoms with van der Waals surface area (Å²) in [7, 11) is 1.46. The molecule has 1 unspecified atom stereocenters. The molecule has 3 rings (SSSR count). The Morgan fingerprint density at radius 1 is 1.21 bits per heavy atom. The monoisotopic (exact) mass is 332 g/mol. The van der Waals surface area contributed by atoms with Gasteiger partial charge in [0.1, 0.15) is 5.82 Å². The summed E-state index contributed by atoms with van der Waals surface area (Å²) < 4.78 is 4.79. The number of hydrogen-bond donors (Lipinski definition) is 0. The number of esters is 1. The van der Waals surface area contributed by atoms with Crippen molar-refractivity contribution in [2.24, 2.45) is 5.92 Å². The zero-order valence-electron chi connectivity index (χ0n) is 14.6. The fourth-order valence-electron chi connectivity index (χ4n) is 3.76. The summed E-state index contributed by atoms with van der Waals surface area (Å²) in [6.45, 7) is 7.84. The molecule has 0 bridgehead atoms. The molecule has 2 aliphatic heterocycles. The molecule has 24 heavy (non-hydrogen) atoms. The highest BCUT2D eigenvalue weighted by atomic mass is 16.5. The third-order valence-corrected chi connectivity index (χ3v) is 5.05. The van der Waals surface area contributed by atoms with Crippen molar-refractivity contribution in [2.75, 3.05) is 64.4 Å². The lowest BCUT2D eigenvalue weighted by Gasteiger charge is -2.39. The normalized spacial score (nSPS) is 23.2. The molecule has 132 valence electrons. The summed E-state index contributed by atoms with van der Waals surface area (Å²) in [5.41, 5.74) is 0. The average Bonchev–Trinajstić information content (AvgIpc) is 2.63. The van der Waals surface area contributed by atoms with Crippen LogP contribution in [0.15, 0.2) is 24.4 Å². The van der Waals surface area contributed by atoms with Gasteiger partial charge in [0.05, 0.1) is 13.7 Å². The van der Waals surface area contributed by atoms with Crippen molar-refractivity contribution in [2.45, 2.75) is 12.8 Å². The summed E-state index contributed by atoms with van der Waals surface area (Å²) in [6.07, 6.45) is 4.30. The molecule has 6 nitrogen and oxygen atoms in total. The van der Waals surface area contributed by atoms with Crippen LogP contribution >= 0.6 is 0 Å². The maximum absolute atomic E-state index is 11.5. The van der Waals surface area contributed by atoms with Gasteiger partial charge in [0.15, 0.2) is 0 Å². The Hall–Kier alpha value is -1.66. The molecular formula is C18H28N4O2. The molecule has 1 aromatic heterocycles. The molecular weight excluding hydrogens is 304 g/mol. The van der Waals surface area contributed by atoms with Gasteiger partial charge in [0.2, 0.25) is 0 Å². The maximum atomic E-state index is 11.5. The van der Waals surface area contributed by atoms with Gasteiger partial charge in [0, 0.05) is 45.5 Å². The molecule has 0 aromatic carbocycles. The van der Waals surface area contributed by atoms with Gasteiger partial charge in [-0.25, -0.2) is 4.98 Å². The second-order valence-corrected chi connectivity index (χ2v) is 6.80. The Morgan fingerprint density at radius 2 is 2.04 bits per heavy atom. The number of likely N-dealkylation sites (tertiary alicyclic amines) is 1. The highest BCUT2D eigenvalue weighted by Crippen LogP contribution is 2.19. The van der Waals surface area contributed by atoms with Crippen molar-refractivity contribution in [1.29, 1.82) is 0 Å². The van der Waals surface area contributed by atoms with Crippen LogP contribution < -0.4 is 4.90 Å². The Labute approximate surface area is 144 Å². The van der Waals surface area contributed by atoms with Gasteiger partial charge in [-0.05, 0) is 37.4 Å². The van der Waals surface area contributed by atoms with Crippen molar-refractivity contribution >= 4 is 11.8 Å². The van der Waals surface area contributed by atoms with Crippen LogP contribution in [0, 0.1) is 5.92 Å². The fourth-order valence-corrected chi connectivity index (χ4v) is 3.76. The van der Waals surface area contributed by atoms with E-state index in [1.165, 1.54) is 20.0 Å². The van der Waals surface area contributed by atoms with E-state index in [0.29, 0.717) is 12.5 Å². The van der Waals surface area contributed by atoms with E-state index in [2.05, 4.69) is 25.8 Å². The van der Waals surface area contributed by atoms with E-state index in [1.54, 1.807) is 0 Å². The minimum atomic E-state index is -0.125. The van der Waals surface area contributed by atoms with Crippen LogP contribution in [0.3, 0.4) is 0 Å². The van der Waals surface area contributed by atoms with Gasteiger partial charge in [-0.15, -0.1) is 0 Å².